The van der Waals surface area contributed by atoms with Gasteiger partial charge in [0.25, 0.3) is 0 Å². The van der Waals surface area contributed by atoms with Crippen molar-refractivity contribution >= 4 is 17.7 Å². The normalized spacial score (nSPS) is 12.6. The predicted octanol–water partition coefficient (Wildman–Crippen LogP) is 5.58. The second-order valence-corrected chi connectivity index (χ2v) is 9.34. The summed E-state index contributed by atoms with van der Waals surface area (Å²) in [5.74, 6) is 0.430. The zero-order valence-electron chi connectivity index (χ0n) is 20.0. The monoisotopic (exact) mass is 427 g/mol. The van der Waals surface area contributed by atoms with E-state index in [0.717, 1.165) is 17.8 Å². The second kappa shape index (κ2) is 10.6. The van der Waals surface area contributed by atoms with E-state index in [1.807, 2.05) is 62.6 Å². The summed E-state index contributed by atoms with van der Waals surface area (Å²) >= 11 is 0. The van der Waals surface area contributed by atoms with Crippen LogP contribution in [0.4, 0.5) is 5.82 Å². The molecule has 1 aromatic carbocycles. The molecule has 1 atom stereocenters. The summed E-state index contributed by atoms with van der Waals surface area (Å²) in [6, 6.07) is 9.67. The molecular formula is C25H37N3O3. The minimum absolute atomic E-state index is 0.171. The molecule has 1 amide bonds. The largest absolute Gasteiger partial charge is 0.455 e. The highest BCUT2D eigenvalue weighted by atomic mass is 16.6. The van der Waals surface area contributed by atoms with Gasteiger partial charge in [0.15, 0.2) is 11.5 Å². The van der Waals surface area contributed by atoms with Gasteiger partial charge in [-0.3, -0.25) is 4.79 Å². The molecule has 1 aromatic heterocycles. The fourth-order valence-electron chi connectivity index (χ4n) is 3.56. The molecule has 0 bridgehead atoms. The van der Waals surface area contributed by atoms with Gasteiger partial charge in [0.2, 0.25) is 5.91 Å². The van der Waals surface area contributed by atoms with Crippen LogP contribution >= 0.6 is 0 Å². The summed E-state index contributed by atoms with van der Waals surface area (Å²) in [5, 5.41) is 2.95. The van der Waals surface area contributed by atoms with Crippen LogP contribution in [0.1, 0.15) is 89.1 Å². The Balaban J connectivity index is 2.48. The molecular weight excluding hydrogens is 390 g/mol. The van der Waals surface area contributed by atoms with Crippen molar-refractivity contribution in [1.82, 2.24) is 9.55 Å². The molecule has 1 heterocycles. The van der Waals surface area contributed by atoms with Crippen molar-refractivity contribution in [2.75, 3.05) is 5.32 Å². The van der Waals surface area contributed by atoms with Crippen LogP contribution in [0.15, 0.2) is 30.3 Å². The molecule has 0 radical (unpaired) electrons. The standard InChI is InChI=1S/C25H37N3O3/c1-8-13-20-26-22(27-23(29)19(9-2)18-14-11-10-12-15-18)21(28(20)16-17(3)4)24(30)31-25(5,6)7/h10-12,14-15,17,19H,8-9,13,16H2,1-7H3,(H,27,29). The summed E-state index contributed by atoms with van der Waals surface area (Å²) in [5.41, 5.74) is 0.617. The third-order valence-electron chi connectivity index (χ3n) is 4.83. The first-order valence-electron chi connectivity index (χ1n) is 11.3. The van der Waals surface area contributed by atoms with E-state index in [2.05, 4.69) is 31.1 Å². The molecule has 2 rings (SSSR count). The molecule has 1 N–H and O–H groups in total. The van der Waals surface area contributed by atoms with Crippen LogP contribution in [0.3, 0.4) is 0 Å². The molecule has 0 aliphatic heterocycles. The number of esters is 1. The van der Waals surface area contributed by atoms with Gasteiger partial charge >= 0.3 is 5.97 Å². The number of hydrogen-bond acceptors (Lipinski definition) is 4. The van der Waals surface area contributed by atoms with Crippen molar-refractivity contribution in [2.24, 2.45) is 5.92 Å². The molecule has 0 saturated heterocycles. The Morgan fingerprint density at radius 3 is 2.29 bits per heavy atom. The minimum Gasteiger partial charge on any atom is -0.455 e. The number of hydrogen-bond donors (Lipinski definition) is 1. The smallest absolute Gasteiger partial charge is 0.359 e. The number of ether oxygens (including phenoxy) is 1. The number of imidazole rings is 1. The van der Waals surface area contributed by atoms with Gasteiger partial charge in [0.05, 0.1) is 5.92 Å². The Hall–Kier alpha value is -2.63. The average Bonchev–Trinajstić information content (AvgIpc) is 2.98. The molecule has 0 aliphatic rings. The van der Waals surface area contributed by atoms with Crippen molar-refractivity contribution < 1.29 is 14.3 Å². The summed E-state index contributed by atoms with van der Waals surface area (Å²) in [6.45, 7) is 14.4. The quantitative estimate of drug-likeness (QED) is 0.530. The van der Waals surface area contributed by atoms with E-state index in [1.165, 1.54) is 0 Å². The first-order chi connectivity index (χ1) is 14.6. The molecule has 31 heavy (non-hydrogen) atoms. The number of benzene rings is 1. The highest BCUT2D eigenvalue weighted by Crippen LogP contribution is 2.26. The number of nitrogens with zero attached hydrogens (tertiary/aromatic N) is 2. The molecule has 170 valence electrons. The zero-order chi connectivity index (χ0) is 23.2. The van der Waals surface area contributed by atoms with E-state index in [9.17, 15) is 9.59 Å². The Bertz CT molecular complexity index is 879. The maximum atomic E-state index is 13.2. The SMILES string of the molecule is CCCc1nc(NC(=O)C(CC)c2ccccc2)c(C(=O)OC(C)(C)C)n1CC(C)C. The van der Waals surface area contributed by atoms with Crippen LogP contribution in [0, 0.1) is 5.92 Å². The van der Waals surface area contributed by atoms with Crippen LogP contribution in [-0.4, -0.2) is 27.0 Å². The van der Waals surface area contributed by atoms with Crippen LogP contribution in [-0.2, 0) is 22.5 Å². The number of anilines is 1. The molecule has 6 heteroatoms. The second-order valence-electron chi connectivity index (χ2n) is 9.34. The Morgan fingerprint density at radius 2 is 1.77 bits per heavy atom. The highest BCUT2D eigenvalue weighted by molar-refractivity contribution is 6.01. The lowest BCUT2D eigenvalue weighted by Gasteiger charge is -2.21. The summed E-state index contributed by atoms with van der Waals surface area (Å²) in [4.78, 5) is 31.0. The van der Waals surface area contributed by atoms with E-state index in [4.69, 9.17) is 4.74 Å². The maximum absolute atomic E-state index is 13.2. The first-order valence-corrected chi connectivity index (χ1v) is 11.3. The molecule has 2 aromatic rings. The van der Waals surface area contributed by atoms with Crippen molar-refractivity contribution in [3.8, 4) is 0 Å². The molecule has 0 saturated carbocycles. The average molecular weight is 428 g/mol. The predicted molar refractivity (Wildman–Crippen MR) is 124 cm³/mol. The summed E-state index contributed by atoms with van der Waals surface area (Å²) in [6.07, 6.45) is 2.25. The topological polar surface area (TPSA) is 73.2 Å². The van der Waals surface area contributed by atoms with E-state index in [0.29, 0.717) is 31.0 Å². The third kappa shape index (κ3) is 6.68. The minimum atomic E-state index is -0.647. The lowest BCUT2D eigenvalue weighted by molar-refractivity contribution is -0.117. The lowest BCUT2D eigenvalue weighted by Crippen LogP contribution is -2.28. The zero-order valence-corrected chi connectivity index (χ0v) is 20.0. The van der Waals surface area contributed by atoms with Crippen molar-refractivity contribution in [2.45, 2.75) is 85.8 Å². The van der Waals surface area contributed by atoms with Gasteiger partial charge < -0.3 is 14.6 Å². The van der Waals surface area contributed by atoms with E-state index in [-0.39, 0.29) is 17.6 Å². The molecule has 0 fully saturated rings. The Labute approximate surface area is 186 Å². The summed E-state index contributed by atoms with van der Waals surface area (Å²) < 4.78 is 7.60. The van der Waals surface area contributed by atoms with Crippen LogP contribution in [0.25, 0.3) is 0 Å². The Morgan fingerprint density at radius 1 is 1.13 bits per heavy atom. The lowest BCUT2D eigenvalue weighted by atomic mass is 9.96. The van der Waals surface area contributed by atoms with E-state index < -0.39 is 11.6 Å². The van der Waals surface area contributed by atoms with E-state index in [1.54, 1.807) is 0 Å². The van der Waals surface area contributed by atoms with Gasteiger partial charge in [0.1, 0.15) is 11.4 Å². The summed E-state index contributed by atoms with van der Waals surface area (Å²) in [7, 11) is 0. The van der Waals surface area contributed by atoms with Gasteiger partial charge in [-0.25, -0.2) is 9.78 Å². The van der Waals surface area contributed by atoms with Crippen molar-refractivity contribution in [3.63, 3.8) is 0 Å². The first kappa shape index (κ1) is 24.6. The number of rotatable bonds is 9. The van der Waals surface area contributed by atoms with Crippen LogP contribution < -0.4 is 5.32 Å². The van der Waals surface area contributed by atoms with Gasteiger partial charge in [-0.1, -0.05) is 58.0 Å². The maximum Gasteiger partial charge on any atom is 0.359 e. The fraction of sp³-hybridized carbons (Fsp3) is 0.560. The van der Waals surface area contributed by atoms with Gasteiger partial charge in [-0.2, -0.15) is 0 Å². The van der Waals surface area contributed by atoms with Crippen LogP contribution in [0.5, 0.6) is 0 Å². The van der Waals surface area contributed by atoms with Crippen molar-refractivity contribution in [3.05, 3.63) is 47.4 Å². The Kier molecular flexibility index (Phi) is 8.43. The molecule has 1 unspecified atom stereocenters. The van der Waals surface area contributed by atoms with Crippen LogP contribution in [0.2, 0.25) is 0 Å². The fourth-order valence-corrected chi connectivity index (χ4v) is 3.56. The van der Waals surface area contributed by atoms with Crippen molar-refractivity contribution in [1.29, 1.82) is 0 Å². The highest BCUT2D eigenvalue weighted by Gasteiger charge is 2.30. The number of aromatic nitrogens is 2. The molecule has 0 aliphatic carbocycles. The number of nitrogens with one attached hydrogen (secondary N) is 1. The van der Waals surface area contributed by atoms with Gasteiger partial charge in [0, 0.05) is 13.0 Å². The third-order valence-corrected chi connectivity index (χ3v) is 4.83. The number of aryl methyl sites for hydroxylation is 1. The van der Waals surface area contributed by atoms with E-state index >= 15 is 0 Å². The van der Waals surface area contributed by atoms with Gasteiger partial charge in [-0.05, 0) is 45.1 Å². The molecule has 0 spiro atoms. The number of carbonyl (C=O) groups is 2. The van der Waals surface area contributed by atoms with Gasteiger partial charge in [-0.15, -0.1) is 0 Å². The molecule has 6 nitrogen and oxygen atoms in total. The number of amides is 1. The number of carbonyl (C=O) groups excluding carboxylic acids is 2.